The number of likely N-dealkylation sites (tertiary alicyclic amines) is 1. The molecule has 3 rings (SSSR count). The Balaban J connectivity index is 1.74. The molecule has 1 saturated heterocycles. The summed E-state index contributed by atoms with van der Waals surface area (Å²) in [5, 5.41) is 3.62. The molecule has 4 nitrogen and oxygen atoms in total. The molecular formula is C14H14F4N4. The van der Waals surface area contributed by atoms with Crippen molar-refractivity contribution in [2.45, 2.75) is 18.6 Å². The van der Waals surface area contributed by atoms with E-state index in [2.05, 4.69) is 15.3 Å². The fourth-order valence-electron chi connectivity index (χ4n) is 2.71. The molecule has 22 heavy (non-hydrogen) atoms. The lowest BCUT2D eigenvalue weighted by Gasteiger charge is -2.18. The molecule has 0 aliphatic carbocycles. The van der Waals surface area contributed by atoms with Crippen LogP contribution >= 0.6 is 0 Å². The van der Waals surface area contributed by atoms with Gasteiger partial charge in [-0.15, -0.1) is 0 Å². The quantitative estimate of drug-likeness (QED) is 0.885. The molecule has 0 amide bonds. The standard InChI is InChI=1S/C14H14F4N4/c15-11-3-1-2-10-12(11)19-8-20-13(10)21-9-4-5-22(6-9)7-14(16,17)18/h1-3,8-9H,4-7H2,(H,19,20,21). The van der Waals surface area contributed by atoms with Crippen molar-refractivity contribution in [1.82, 2.24) is 14.9 Å². The van der Waals surface area contributed by atoms with Crippen LogP contribution in [0.1, 0.15) is 6.42 Å². The molecular weight excluding hydrogens is 300 g/mol. The van der Waals surface area contributed by atoms with Gasteiger partial charge in [-0.25, -0.2) is 14.4 Å². The molecule has 1 aromatic heterocycles. The summed E-state index contributed by atoms with van der Waals surface area (Å²) in [4.78, 5) is 9.32. The summed E-state index contributed by atoms with van der Waals surface area (Å²) in [6.45, 7) is -0.265. The molecule has 0 saturated carbocycles. The predicted molar refractivity (Wildman–Crippen MR) is 74.0 cm³/mol. The molecule has 118 valence electrons. The van der Waals surface area contributed by atoms with Crippen molar-refractivity contribution in [2.75, 3.05) is 25.0 Å². The third kappa shape index (κ3) is 3.27. The van der Waals surface area contributed by atoms with Gasteiger partial charge >= 0.3 is 6.18 Å². The molecule has 2 aromatic rings. The lowest BCUT2D eigenvalue weighted by atomic mass is 10.2. The molecule has 1 atom stereocenters. The van der Waals surface area contributed by atoms with Crippen molar-refractivity contribution in [3.8, 4) is 0 Å². The van der Waals surface area contributed by atoms with Crippen LogP contribution in [0.4, 0.5) is 23.4 Å². The largest absolute Gasteiger partial charge is 0.401 e. The van der Waals surface area contributed by atoms with Crippen molar-refractivity contribution in [3.05, 3.63) is 30.3 Å². The zero-order valence-corrected chi connectivity index (χ0v) is 11.6. The highest BCUT2D eigenvalue weighted by atomic mass is 19.4. The fourth-order valence-corrected chi connectivity index (χ4v) is 2.71. The Bertz CT molecular complexity index is 673. The number of rotatable bonds is 3. The van der Waals surface area contributed by atoms with Crippen molar-refractivity contribution < 1.29 is 17.6 Å². The predicted octanol–water partition coefficient (Wildman–Crippen LogP) is 2.82. The molecule has 1 aliphatic rings. The third-order valence-corrected chi connectivity index (χ3v) is 3.63. The minimum absolute atomic E-state index is 0.149. The van der Waals surface area contributed by atoms with Crippen LogP contribution in [-0.2, 0) is 0 Å². The molecule has 1 aromatic carbocycles. The van der Waals surface area contributed by atoms with E-state index in [4.69, 9.17) is 0 Å². The van der Waals surface area contributed by atoms with Crippen LogP contribution in [0.25, 0.3) is 10.9 Å². The van der Waals surface area contributed by atoms with Crippen LogP contribution in [0.3, 0.4) is 0 Å². The highest BCUT2D eigenvalue weighted by molar-refractivity contribution is 5.89. The minimum atomic E-state index is -4.19. The van der Waals surface area contributed by atoms with E-state index in [1.54, 1.807) is 12.1 Å². The van der Waals surface area contributed by atoms with E-state index < -0.39 is 18.5 Å². The Morgan fingerprint density at radius 3 is 2.86 bits per heavy atom. The first-order valence-corrected chi connectivity index (χ1v) is 6.87. The Morgan fingerprint density at radius 2 is 2.09 bits per heavy atom. The van der Waals surface area contributed by atoms with Crippen molar-refractivity contribution in [3.63, 3.8) is 0 Å². The second kappa shape index (κ2) is 5.68. The number of anilines is 1. The normalized spacial score (nSPS) is 19.7. The monoisotopic (exact) mass is 314 g/mol. The topological polar surface area (TPSA) is 41.0 Å². The average Bonchev–Trinajstić information content (AvgIpc) is 2.85. The maximum atomic E-state index is 13.7. The van der Waals surface area contributed by atoms with E-state index in [0.717, 1.165) is 0 Å². The van der Waals surface area contributed by atoms with Gasteiger partial charge in [0.2, 0.25) is 0 Å². The van der Waals surface area contributed by atoms with E-state index in [1.807, 2.05) is 0 Å². The van der Waals surface area contributed by atoms with Gasteiger partial charge in [0, 0.05) is 24.5 Å². The molecule has 1 fully saturated rings. The number of halogens is 4. The highest BCUT2D eigenvalue weighted by Crippen LogP contribution is 2.25. The van der Waals surface area contributed by atoms with Crippen LogP contribution in [0.5, 0.6) is 0 Å². The molecule has 1 N–H and O–H groups in total. The molecule has 0 spiro atoms. The molecule has 1 unspecified atom stereocenters. The third-order valence-electron chi connectivity index (χ3n) is 3.63. The first-order valence-electron chi connectivity index (χ1n) is 6.87. The summed E-state index contributed by atoms with van der Waals surface area (Å²) in [7, 11) is 0. The minimum Gasteiger partial charge on any atom is -0.365 e. The van der Waals surface area contributed by atoms with Crippen molar-refractivity contribution in [1.29, 1.82) is 0 Å². The summed E-state index contributed by atoms with van der Waals surface area (Å²) in [5.41, 5.74) is 0.199. The number of hydrogen-bond donors (Lipinski definition) is 1. The van der Waals surface area contributed by atoms with Crippen LogP contribution in [0, 0.1) is 5.82 Å². The fraction of sp³-hybridized carbons (Fsp3) is 0.429. The summed E-state index contributed by atoms with van der Waals surface area (Å²) in [6.07, 6.45) is -2.37. The molecule has 0 radical (unpaired) electrons. The summed E-state index contributed by atoms with van der Waals surface area (Å²) < 4.78 is 50.8. The van der Waals surface area contributed by atoms with Crippen LogP contribution in [-0.4, -0.2) is 46.7 Å². The number of benzene rings is 1. The van der Waals surface area contributed by atoms with E-state index in [-0.39, 0.29) is 18.1 Å². The van der Waals surface area contributed by atoms with Crippen LogP contribution < -0.4 is 5.32 Å². The summed E-state index contributed by atoms with van der Waals surface area (Å²) >= 11 is 0. The lowest BCUT2D eigenvalue weighted by Crippen LogP contribution is -2.34. The Morgan fingerprint density at radius 1 is 1.27 bits per heavy atom. The number of hydrogen-bond acceptors (Lipinski definition) is 4. The Labute approximate surface area is 124 Å². The second-order valence-corrected chi connectivity index (χ2v) is 5.34. The summed E-state index contributed by atoms with van der Waals surface area (Å²) in [5.74, 6) is -0.00331. The van der Waals surface area contributed by atoms with Gasteiger partial charge in [-0.2, -0.15) is 13.2 Å². The van der Waals surface area contributed by atoms with E-state index in [9.17, 15) is 17.6 Å². The summed E-state index contributed by atoms with van der Waals surface area (Å²) in [6, 6.07) is 4.39. The number of nitrogens with one attached hydrogen (secondary N) is 1. The van der Waals surface area contributed by atoms with Gasteiger partial charge in [-0.1, -0.05) is 6.07 Å². The van der Waals surface area contributed by atoms with Crippen molar-refractivity contribution >= 4 is 16.7 Å². The van der Waals surface area contributed by atoms with Gasteiger partial charge < -0.3 is 5.32 Å². The van der Waals surface area contributed by atoms with Crippen LogP contribution in [0.2, 0.25) is 0 Å². The van der Waals surface area contributed by atoms with Gasteiger partial charge in [0.1, 0.15) is 23.5 Å². The zero-order valence-electron chi connectivity index (χ0n) is 11.6. The first kappa shape index (κ1) is 15.0. The van der Waals surface area contributed by atoms with Gasteiger partial charge in [-0.3, -0.25) is 4.90 Å². The van der Waals surface area contributed by atoms with Gasteiger partial charge in [0.25, 0.3) is 0 Å². The van der Waals surface area contributed by atoms with Gasteiger partial charge in [0.15, 0.2) is 0 Å². The van der Waals surface area contributed by atoms with Gasteiger partial charge in [-0.05, 0) is 18.6 Å². The van der Waals surface area contributed by atoms with E-state index in [0.29, 0.717) is 24.2 Å². The zero-order chi connectivity index (χ0) is 15.7. The maximum absolute atomic E-state index is 13.7. The molecule has 0 bridgehead atoms. The number of fused-ring (bicyclic) bond motifs is 1. The van der Waals surface area contributed by atoms with E-state index in [1.165, 1.54) is 17.3 Å². The van der Waals surface area contributed by atoms with Crippen molar-refractivity contribution in [2.24, 2.45) is 0 Å². The Kier molecular flexibility index (Phi) is 3.86. The Hall–Kier alpha value is -1.96. The number of alkyl halides is 3. The smallest absolute Gasteiger partial charge is 0.365 e. The van der Waals surface area contributed by atoms with Gasteiger partial charge in [0.05, 0.1) is 6.54 Å². The SMILES string of the molecule is Fc1cccc2c(NC3CCN(CC(F)(F)F)C3)ncnc12. The second-order valence-electron chi connectivity index (χ2n) is 5.34. The maximum Gasteiger partial charge on any atom is 0.401 e. The lowest BCUT2D eigenvalue weighted by molar-refractivity contribution is -0.143. The number of aromatic nitrogens is 2. The van der Waals surface area contributed by atoms with E-state index >= 15 is 0 Å². The molecule has 2 heterocycles. The molecule has 8 heteroatoms. The first-order chi connectivity index (χ1) is 10.4. The number of nitrogens with zero attached hydrogens (tertiary/aromatic N) is 3. The molecule has 1 aliphatic heterocycles. The number of para-hydroxylation sites is 1. The average molecular weight is 314 g/mol. The highest BCUT2D eigenvalue weighted by Gasteiger charge is 2.34. The van der Waals surface area contributed by atoms with Crippen LogP contribution in [0.15, 0.2) is 24.5 Å².